The van der Waals surface area contributed by atoms with Crippen LogP contribution in [0, 0.1) is 17.0 Å². The highest BCUT2D eigenvalue weighted by molar-refractivity contribution is 6.07. The molecule has 0 saturated heterocycles. The molecule has 0 aliphatic carbocycles. The van der Waals surface area contributed by atoms with E-state index < -0.39 is 4.92 Å². The number of ketones is 1. The molecule has 0 aliphatic rings. The number of carbonyl (C=O) groups is 1. The van der Waals surface area contributed by atoms with Gasteiger partial charge < -0.3 is 9.47 Å². The first-order chi connectivity index (χ1) is 11.5. The average Bonchev–Trinajstić information content (AvgIpc) is 2.59. The molecule has 0 atom stereocenters. The topological polar surface area (TPSA) is 78.7 Å². The summed E-state index contributed by atoms with van der Waals surface area (Å²) in [6, 6.07) is 9.90. The molecule has 124 valence electrons. The second-order valence-electron chi connectivity index (χ2n) is 5.09. The second kappa shape index (κ2) is 7.41. The van der Waals surface area contributed by atoms with Gasteiger partial charge in [-0.1, -0.05) is 29.8 Å². The molecule has 0 unspecified atom stereocenters. The summed E-state index contributed by atoms with van der Waals surface area (Å²) >= 11 is 0. The number of ether oxygens (including phenoxy) is 2. The number of nitro groups is 1. The first-order valence-electron chi connectivity index (χ1n) is 7.15. The highest BCUT2D eigenvalue weighted by Gasteiger charge is 2.18. The fraction of sp³-hybridized carbons (Fsp3) is 0.167. The van der Waals surface area contributed by atoms with Gasteiger partial charge in [-0.3, -0.25) is 14.9 Å². The maximum atomic E-state index is 12.2. The minimum Gasteiger partial charge on any atom is -0.496 e. The third-order valence-electron chi connectivity index (χ3n) is 3.48. The van der Waals surface area contributed by atoms with Gasteiger partial charge in [0, 0.05) is 23.3 Å². The van der Waals surface area contributed by atoms with E-state index in [4.69, 9.17) is 9.47 Å². The molecule has 0 radical (unpaired) electrons. The Kier molecular flexibility index (Phi) is 5.31. The van der Waals surface area contributed by atoms with E-state index in [0.29, 0.717) is 16.9 Å². The molecule has 6 heteroatoms. The number of carbonyl (C=O) groups excluding carboxylic acids is 1. The molecule has 2 aromatic rings. The summed E-state index contributed by atoms with van der Waals surface area (Å²) in [5.41, 5.74) is 1.83. The Balaban J connectivity index is 2.37. The molecule has 0 aliphatic heterocycles. The number of methoxy groups -OCH3 is 2. The van der Waals surface area contributed by atoms with Crippen molar-refractivity contribution in [1.29, 1.82) is 0 Å². The maximum Gasteiger partial charge on any atom is 0.311 e. The molecular formula is C18H17NO5. The molecule has 24 heavy (non-hydrogen) atoms. The molecule has 0 N–H and O–H groups in total. The SMILES string of the molecule is COc1cc(OC)c([N+](=O)[O-])cc1/C=C/C(=O)c1ccc(C)cc1. The zero-order valence-electron chi connectivity index (χ0n) is 13.6. The van der Waals surface area contributed by atoms with Crippen molar-refractivity contribution in [3.8, 4) is 11.5 Å². The van der Waals surface area contributed by atoms with Crippen molar-refractivity contribution in [3.05, 3.63) is 69.3 Å². The van der Waals surface area contributed by atoms with Crippen LogP contribution in [0.5, 0.6) is 11.5 Å². The normalized spacial score (nSPS) is 10.6. The third kappa shape index (κ3) is 3.78. The van der Waals surface area contributed by atoms with Crippen LogP contribution in [0.25, 0.3) is 6.08 Å². The number of nitro benzene ring substituents is 1. The first-order valence-corrected chi connectivity index (χ1v) is 7.15. The predicted octanol–water partition coefficient (Wildman–Crippen LogP) is 3.82. The van der Waals surface area contributed by atoms with Gasteiger partial charge in [-0.2, -0.15) is 0 Å². The molecule has 0 fully saturated rings. The van der Waals surface area contributed by atoms with Gasteiger partial charge in [-0.15, -0.1) is 0 Å². The van der Waals surface area contributed by atoms with Gasteiger partial charge in [-0.05, 0) is 19.1 Å². The van der Waals surface area contributed by atoms with E-state index in [9.17, 15) is 14.9 Å². The number of benzene rings is 2. The number of allylic oxidation sites excluding steroid dienone is 1. The van der Waals surface area contributed by atoms with Gasteiger partial charge >= 0.3 is 5.69 Å². The third-order valence-corrected chi connectivity index (χ3v) is 3.48. The molecule has 0 saturated carbocycles. The van der Waals surface area contributed by atoms with Crippen molar-refractivity contribution in [1.82, 2.24) is 0 Å². The number of aryl methyl sites for hydroxylation is 1. The highest BCUT2D eigenvalue weighted by Crippen LogP contribution is 2.35. The van der Waals surface area contributed by atoms with E-state index in [1.807, 2.05) is 19.1 Å². The van der Waals surface area contributed by atoms with E-state index in [1.54, 1.807) is 12.1 Å². The van der Waals surface area contributed by atoms with Crippen LogP contribution >= 0.6 is 0 Å². The Morgan fingerprint density at radius 3 is 2.25 bits per heavy atom. The first kappa shape index (κ1) is 17.2. The predicted molar refractivity (Wildman–Crippen MR) is 90.7 cm³/mol. The minimum absolute atomic E-state index is 0.0962. The van der Waals surface area contributed by atoms with Crippen molar-refractivity contribution in [3.63, 3.8) is 0 Å². The standard InChI is InChI=1S/C18H17NO5/c1-12-4-6-13(7-5-12)16(20)9-8-14-10-15(19(21)22)18(24-3)11-17(14)23-2/h4-11H,1-3H3/b9-8+. The number of nitrogens with zero attached hydrogens (tertiary/aromatic N) is 1. The fourth-order valence-electron chi connectivity index (χ4n) is 2.16. The molecule has 2 rings (SSSR count). The van der Waals surface area contributed by atoms with E-state index in [0.717, 1.165) is 5.56 Å². The largest absolute Gasteiger partial charge is 0.496 e. The number of hydrogen-bond acceptors (Lipinski definition) is 5. The number of hydrogen-bond donors (Lipinski definition) is 0. The highest BCUT2D eigenvalue weighted by atomic mass is 16.6. The molecule has 0 amide bonds. The van der Waals surface area contributed by atoms with Crippen molar-refractivity contribution in [2.45, 2.75) is 6.92 Å². The lowest BCUT2D eigenvalue weighted by Crippen LogP contribution is -1.98. The van der Waals surface area contributed by atoms with Crippen molar-refractivity contribution in [2.24, 2.45) is 0 Å². The van der Waals surface area contributed by atoms with Gasteiger partial charge in [0.1, 0.15) is 5.75 Å². The van der Waals surface area contributed by atoms with Crippen molar-refractivity contribution >= 4 is 17.5 Å². The lowest BCUT2D eigenvalue weighted by molar-refractivity contribution is -0.385. The van der Waals surface area contributed by atoms with E-state index in [2.05, 4.69) is 0 Å². The maximum absolute atomic E-state index is 12.2. The van der Waals surface area contributed by atoms with Crippen LogP contribution in [-0.2, 0) is 0 Å². The smallest absolute Gasteiger partial charge is 0.311 e. The summed E-state index contributed by atoms with van der Waals surface area (Å²) in [7, 11) is 2.79. The summed E-state index contributed by atoms with van der Waals surface area (Å²) in [4.78, 5) is 22.8. The van der Waals surface area contributed by atoms with Crippen LogP contribution in [0.4, 0.5) is 5.69 Å². The zero-order chi connectivity index (χ0) is 17.7. The summed E-state index contributed by atoms with van der Waals surface area (Å²) < 4.78 is 10.2. The van der Waals surface area contributed by atoms with Gasteiger partial charge in [0.25, 0.3) is 0 Å². The van der Waals surface area contributed by atoms with Crippen LogP contribution in [0.1, 0.15) is 21.5 Å². The van der Waals surface area contributed by atoms with Crippen LogP contribution in [0.2, 0.25) is 0 Å². The van der Waals surface area contributed by atoms with Gasteiger partial charge in [0.15, 0.2) is 5.78 Å². The van der Waals surface area contributed by atoms with Crippen LogP contribution in [-0.4, -0.2) is 24.9 Å². The second-order valence-corrected chi connectivity index (χ2v) is 5.09. The quantitative estimate of drug-likeness (QED) is 0.349. The summed E-state index contributed by atoms with van der Waals surface area (Å²) in [5.74, 6) is 0.278. The molecule has 0 bridgehead atoms. The van der Waals surface area contributed by atoms with Crippen LogP contribution in [0.15, 0.2) is 42.5 Å². The summed E-state index contributed by atoms with van der Waals surface area (Å²) in [5, 5.41) is 11.1. The summed E-state index contributed by atoms with van der Waals surface area (Å²) in [6.45, 7) is 1.94. The molecule has 2 aromatic carbocycles. The lowest BCUT2D eigenvalue weighted by Gasteiger charge is -2.08. The molecule has 6 nitrogen and oxygen atoms in total. The van der Waals surface area contributed by atoms with E-state index in [-0.39, 0.29) is 17.2 Å². The zero-order valence-corrected chi connectivity index (χ0v) is 13.6. The van der Waals surface area contributed by atoms with Crippen molar-refractivity contribution < 1.29 is 19.2 Å². The summed E-state index contributed by atoms with van der Waals surface area (Å²) in [6.07, 6.45) is 2.85. The van der Waals surface area contributed by atoms with Crippen LogP contribution in [0.3, 0.4) is 0 Å². The Labute approximate surface area is 139 Å². The Bertz CT molecular complexity index is 794. The Hall–Kier alpha value is -3.15. The average molecular weight is 327 g/mol. The Morgan fingerprint density at radius 2 is 1.71 bits per heavy atom. The monoisotopic (exact) mass is 327 g/mol. The van der Waals surface area contributed by atoms with E-state index in [1.165, 1.54) is 38.5 Å². The van der Waals surface area contributed by atoms with Gasteiger partial charge in [0.05, 0.1) is 19.1 Å². The van der Waals surface area contributed by atoms with E-state index >= 15 is 0 Å². The molecule has 0 aromatic heterocycles. The minimum atomic E-state index is -0.544. The van der Waals surface area contributed by atoms with Gasteiger partial charge in [0.2, 0.25) is 5.75 Å². The fourth-order valence-corrected chi connectivity index (χ4v) is 2.16. The van der Waals surface area contributed by atoms with Crippen LogP contribution < -0.4 is 9.47 Å². The molecule has 0 spiro atoms. The number of rotatable bonds is 6. The molecular weight excluding hydrogens is 310 g/mol. The molecule has 0 heterocycles. The lowest BCUT2D eigenvalue weighted by atomic mass is 10.1. The van der Waals surface area contributed by atoms with Crippen molar-refractivity contribution in [2.75, 3.05) is 14.2 Å². The van der Waals surface area contributed by atoms with Gasteiger partial charge in [-0.25, -0.2) is 0 Å². The Morgan fingerprint density at radius 1 is 1.08 bits per heavy atom.